The third-order valence-corrected chi connectivity index (χ3v) is 6.54. The maximum Gasteiger partial charge on any atom is 0.249 e. The van der Waals surface area contributed by atoms with Crippen molar-refractivity contribution < 1.29 is 14.3 Å². The van der Waals surface area contributed by atoms with Gasteiger partial charge in [-0.2, -0.15) is 0 Å². The van der Waals surface area contributed by atoms with Crippen LogP contribution in [-0.4, -0.2) is 55.0 Å². The van der Waals surface area contributed by atoms with E-state index in [1.807, 2.05) is 23.3 Å². The number of hydrogen-bond donors (Lipinski definition) is 0. The SMILES string of the molecule is CCCN(CC(=O)N1CCc2sccc2C1c1ccc(Cl)cc1Cl)C(=O)COC. The topological polar surface area (TPSA) is 49.9 Å². The molecule has 1 aliphatic heterocycles. The van der Waals surface area contributed by atoms with Crippen LogP contribution in [0.1, 0.15) is 35.4 Å². The van der Waals surface area contributed by atoms with Crippen LogP contribution in [0.15, 0.2) is 29.6 Å². The average molecular weight is 455 g/mol. The number of benzene rings is 1. The Morgan fingerprint density at radius 1 is 1.28 bits per heavy atom. The van der Waals surface area contributed by atoms with Crippen LogP contribution in [0.2, 0.25) is 10.0 Å². The van der Waals surface area contributed by atoms with Crippen molar-refractivity contribution in [1.82, 2.24) is 9.80 Å². The molecular weight excluding hydrogens is 431 g/mol. The molecule has 1 atom stereocenters. The second kappa shape index (κ2) is 9.94. The second-order valence-corrected chi connectivity index (χ2v) is 8.80. The molecule has 1 aliphatic rings. The van der Waals surface area contributed by atoms with Crippen molar-refractivity contribution in [3.63, 3.8) is 0 Å². The van der Waals surface area contributed by atoms with Crippen molar-refractivity contribution in [3.8, 4) is 0 Å². The number of hydrogen-bond acceptors (Lipinski definition) is 4. The first kappa shape index (κ1) is 22.1. The van der Waals surface area contributed by atoms with Gasteiger partial charge in [0, 0.05) is 35.1 Å². The molecule has 0 bridgehead atoms. The normalized spacial score (nSPS) is 15.9. The number of carbonyl (C=O) groups is 2. The van der Waals surface area contributed by atoms with Gasteiger partial charge in [0.25, 0.3) is 0 Å². The summed E-state index contributed by atoms with van der Waals surface area (Å²) >= 11 is 14.3. The molecule has 0 spiro atoms. The molecule has 1 unspecified atom stereocenters. The predicted molar refractivity (Wildman–Crippen MR) is 117 cm³/mol. The Balaban J connectivity index is 1.91. The van der Waals surface area contributed by atoms with Crippen molar-refractivity contribution >= 4 is 46.4 Å². The molecule has 8 heteroatoms. The van der Waals surface area contributed by atoms with E-state index >= 15 is 0 Å². The number of methoxy groups -OCH3 is 1. The van der Waals surface area contributed by atoms with Gasteiger partial charge in [0.15, 0.2) is 0 Å². The average Bonchev–Trinajstić information content (AvgIpc) is 3.16. The van der Waals surface area contributed by atoms with Crippen LogP contribution in [0.5, 0.6) is 0 Å². The predicted octanol–water partition coefficient (Wildman–Crippen LogP) is 4.41. The lowest BCUT2D eigenvalue weighted by atomic mass is 9.93. The van der Waals surface area contributed by atoms with Gasteiger partial charge in [0.05, 0.1) is 12.6 Å². The fraction of sp³-hybridized carbons (Fsp3) is 0.429. The first-order valence-electron chi connectivity index (χ1n) is 9.53. The van der Waals surface area contributed by atoms with Gasteiger partial charge in [-0.3, -0.25) is 9.59 Å². The Kier molecular flexibility index (Phi) is 7.57. The standard InChI is InChI=1S/C21H24Cl2N2O3S/c1-3-8-24(20(27)13-28-2)12-19(26)25-9-6-18-16(7-10-29-18)21(25)15-5-4-14(22)11-17(15)23/h4-5,7,10-11,21H,3,6,8-9,12-13H2,1-2H3. The summed E-state index contributed by atoms with van der Waals surface area (Å²) in [5, 5.41) is 3.12. The lowest BCUT2D eigenvalue weighted by molar-refractivity contribution is -0.143. The highest BCUT2D eigenvalue weighted by Gasteiger charge is 2.34. The van der Waals surface area contributed by atoms with Gasteiger partial charge in [0.1, 0.15) is 6.61 Å². The summed E-state index contributed by atoms with van der Waals surface area (Å²) in [4.78, 5) is 30.3. The van der Waals surface area contributed by atoms with Crippen molar-refractivity contribution in [1.29, 1.82) is 0 Å². The summed E-state index contributed by atoms with van der Waals surface area (Å²) in [6.45, 7) is 3.06. The van der Waals surface area contributed by atoms with E-state index < -0.39 is 0 Å². The summed E-state index contributed by atoms with van der Waals surface area (Å²) in [7, 11) is 1.48. The summed E-state index contributed by atoms with van der Waals surface area (Å²) in [5.74, 6) is -0.284. The minimum absolute atomic E-state index is 0.0250. The Morgan fingerprint density at radius 3 is 2.76 bits per heavy atom. The lowest BCUT2D eigenvalue weighted by Crippen LogP contribution is -2.47. The third-order valence-electron chi connectivity index (χ3n) is 4.98. The van der Waals surface area contributed by atoms with Gasteiger partial charge in [-0.1, -0.05) is 36.2 Å². The van der Waals surface area contributed by atoms with Gasteiger partial charge in [-0.25, -0.2) is 0 Å². The Hall–Kier alpha value is -1.60. The van der Waals surface area contributed by atoms with Crippen LogP contribution in [0.3, 0.4) is 0 Å². The largest absolute Gasteiger partial charge is 0.375 e. The van der Waals surface area contributed by atoms with Crippen LogP contribution in [-0.2, 0) is 20.7 Å². The number of nitrogens with zero attached hydrogens (tertiary/aromatic N) is 2. The Morgan fingerprint density at radius 2 is 2.07 bits per heavy atom. The summed E-state index contributed by atoms with van der Waals surface area (Å²) < 4.78 is 4.97. The van der Waals surface area contributed by atoms with Crippen LogP contribution < -0.4 is 0 Å². The Labute approximate surface area is 185 Å². The number of thiophene rings is 1. The number of fused-ring (bicyclic) bond motifs is 1. The van der Waals surface area contributed by atoms with Crippen molar-refractivity contribution in [3.05, 3.63) is 55.7 Å². The quantitative estimate of drug-likeness (QED) is 0.622. The minimum Gasteiger partial charge on any atom is -0.375 e. The molecule has 0 saturated carbocycles. The molecule has 1 aromatic carbocycles. The first-order valence-corrected chi connectivity index (χ1v) is 11.2. The van der Waals surface area contributed by atoms with E-state index in [2.05, 4.69) is 6.07 Å². The molecular formula is C21H24Cl2N2O3S. The molecule has 0 fully saturated rings. The minimum atomic E-state index is -0.289. The Bertz CT molecular complexity index is 887. The van der Waals surface area contributed by atoms with Crippen molar-refractivity contribution in [2.24, 2.45) is 0 Å². The maximum absolute atomic E-state index is 13.3. The fourth-order valence-corrected chi connectivity index (χ4v) is 5.09. The second-order valence-electron chi connectivity index (χ2n) is 6.95. The van der Waals surface area contributed by atoms with Crippen LogP contribution in [0.25, 0.3) is 0 Å². The van der Waals surface area contributed by atoms with E-state index in [1.165, 1.54) is 12.0 Å². The highest BCUT2D eigenvalue weighted by Crippen LogP contribution is 2.41. The monoisotopic (exact) mass is 454 g/mol. The van der Waals surface area contributed by atoms with E-state index in [-0.39, 0.29) is 31.0 Å². The molecule has 3 rings (SSSR count). The molecule has 0 aliphatic carbocycles. The smallest absolute Gasteiger partial charge is 0.249 e. The van der Waals surface area contributed by atoms with E-state index in [4.69, 9.17) is 27.9 Å². The van der Waals surface area contributed by atoms with Crippen LogP contribution in [0, 0.1) is 0 Å². The van der Waals surface area contributed by atoms with Crippen LogP contribution >= 0.6 is 34.5 Å². The number of amides is 2. The van der Waals surface area contributed by atoms with Gasteiger partial charge >= 0.3 is 0 Å². The molecule has 29 heavy (non-hydrogen) atoms. The van der Waals surface area contributed by atoms with E-state index in [0.717, 1.165) is 24.0 Å². The molecule has 0 radical (unpaired) electrons. The number of halogens is 2. The summed E-state index contributed by atoms with van der Waals surface area (Å²) in [5.41, 5.74) is 1.93. The zero-order valence-corrected chi connectivity index (χ0v) is 18.8. The summed E-state index contributed by atoms with van der Waals surface area (Å²) in [6, 6.07) is 7.13. The van der Waals surface area contributed by atoms with E-state index in [9.17, 15) is 9.59 Å². The third kappa shape index (κ3) is 4.94. The van der Waals surface area contributed by atoms with Crippen molar-refractivity contribution in [2.45, 2.75) is 25.8 Å². The summed E-state index contributed by atoms with van der Waals surface area (Å²) in [6.07, 6.45) is 1.56. The highest BCUT2D eigenvalue weighted by atomic mass is 35.5. The van der Waals surface area contributed by atoms with Crippen LogP contribution in [0.4, 0.5) is 0 Å². The molecule has 0 N–H and O–H groups in total. The molecule has 2 aromatic rings. The maximum atomic E-state index is 13.3. The van der Waals surface area contributed by atoms with E-state index in [1.54, 1.807) is 28.4 Å². The number of rotatable bonds is 7. The lowest BCUT2D eigenvalue weighted by Gasteiger charge is -2.38. The number of ether oxygens (including phenoxy) is 1. The zero-order valence-electron chi connectivity index (χ0n) is 16.5. The number of carbonyl (C=O) groups excluding carboxylic acids is 2. The fourth-order valence-electron chi connectivity index (χ4n) is 3.67. The molecule has 2 heterocycles. The molecule has 2 amide bonds. The highest BCUT2D eigenvalue weighted by molar-refractivity contribution is 7.10. The molecule has 5 nitrogen and oxygen atoms in total. The van der Waals surface area contributed by atoms with Gasteiger partial charge in [-0.05, 0) is 47.5 Å². The molecule has 156 valence electrons. The van der Waals surface area contributed by atoms with Gasteiger partial charge < -0.3 is 14.5 Å². The van der Waals surface area contributed by atoms with E-state index in [0.29, 0.717) is 23.1 Å². The van der Waals surface area contributed by atoms with Gasteiger partial charge in [0.2, 0.25) is 11.8 Å². The molecule has 1 aromatic heterocycles. The van der Waals surface area contributed by atoms with Gasteiger partial charge in [-0.15, -0.1) is 11.3 Å². The van der Waals surface area contributed by atoms with Crippen molar-refractivity contribution in [2.75, 3.05) is 33.4 Å². The zero-order chi connectivity index (χ0) is 21.0. The first-order chi connectivity index (χ1) is 14.0. The molecule has 0 saturated heterocycles.